The molecule has 37 heavy (non-hydrogen) atoms. The van der Waals surface area contributed by atoms with Crippen LogP contribution in [0.5, 0.6) is 5.75 Å². The van der Waals surface area contributed by atoms with E-state index >= 15 is 0 Å². The molecule has 1 aliphatic rings. The van der Waals surface area contributed by atoms with Crippen molar-refractivity contribution in [3.8, 4) is 5.75 Å². The van der Waals surface area contributed by atoms with Gasteiger partial charge in [0.25, 0.3) is 5.91 Å². The highest BCUT2D eigenvalue weighted by atomic mass is 16.6. The van der Waals surface area contributed by atoms with Gasteiger partial charge in [-0.15, -0.1) is 0 Å². The molecule has 6 atom stereocenters. The Morgan fingerprint density at radius 1 is 1.14 bits per heavy atom. The number of fused-ring (bicyclic) bond motifs is 2. The Hall–Kier alpha value is -2.88. The summed E-state index contributed by atoms with van der Waals surface area (Å²) in [6.45, 7) is 7.42. The number of methoxy groups -OCH3 is 2. The number of allylic oxidation sites excluding steroid dienone is 1. The first kappa shape index (κ1) is 30.3. The average Bonchev–Trinajstić information content (AvgIpc) is 2.84. The van der Waals surface area contributed by atoms with Gasteiger partial charge in [0, 0.05) is 31.4 Å². The average molecular weight is 519 g/mol. The topological polar surface area (TPSA) is 140 Å². The number of nitrogens with two attached hydrogens (primary N) is 1. The number of carbonyl (C=O) groups excluding carboxylic acids is 2. The summed E-state index contributed by atoms with van der Waals surface area (Å²) in [5.74, 6) is -0.373. The molecule has 1 heterocycles. The zero-order valence-electron chi connectivity index (χ0n) is 22.7. The van der Waals surface area contributed by atoms with Crippen molar-refractivity contribution in [2.75, 3.05) is 19.5 Å². The van der Waals surface area contributed by atoms with Gasteiger partial charge >= 0.3 is 6.09 Å². The SMILES string of the molecule is CO[C@H]1C[C@H](C)Cc2cc(ccc2O)NC(=O)C(C)=CCC[C@H](OC)[C@@H](OC(N)=O)C(C)=C[C@H](C)[C@H]1O. The molecule has 1 aromatic carbocycles. The molecule has 0 saturated carbocycles. The number of aromatic hydroxyl groups is 1. The van der Waals surface area contributed by atoms with Crippen molar-refractivity contribution in [2.45, 2.75) is 77.8 Å². The van der Waals surface area contributed by atoms with E-state index in [-0.39, 0.29) is 23.5 Å². The van der Waals surface area contributed by atoms with Crippen LogP contribution in [0.3, 0.4) is 0 Å². The maximum Gasteiger partial charge on any atom is 0.405 e. The van der Waals surface area contributed by atoms with E-state index in [1.807, 2.05) is 19.9 Å². The lowest BCUT2D eigenvalue weighted by molar-refractivity contribution is -0.112. The van der Waals surface area contributed by atoms with Crippen LogP contribution in [0.2, 0.25) is 0 Å². The van der Waals surface area contributed by atoms with Crippen LogP contribution >= 0.6 is 0 Å². The summed E-state index contributed by atoms with van der Waals surface area (Å²) in [7, 11) is 3.08. The monoisotopic (exact) mass is 518 g/mol. The number of carbonyl (C=O) groups is 2. The quantitative estimate of drug-likeness (QED) is 0.349. The largest absolute Gasteiger partial charge is 0.508 e. The van der Waals surface area contributed by atoms with Crippen molar-refractivity contribution in [3.05, 3.63) is 47.1 Å². The molecule has 9 heteroatoms. The Balaban J connectivity index is 2.47. The lowest BCUT2D eigenvalue weighted by Crippen LogP contribution is -2.37. The summed E-state index contributed by atoms with van der Waals surface area (Å²) < 4.78 is 16.7. The van der Waals surface area contributed by atoms with Crippen LogP contribution in [-0.2, 0) is 25.4 Å². The number of primary amides is 1. The zero-order valence-corrected chi connectivity index (χ0v) is 22.7. The van der Waals surface area contributed by atoms with E-state index < -0.39 is 30.5 Å². The number of hydrogen-bond donors (Lipinski definition) is 4. The Bertz CT molecular complexity index is 991. The lowest BCUT2D eigenvalue weighted by Gasteiger charge is -2.30. The number of rotatable bonds is 3. The van der Waals surface area contributed by atoms with E-state index in [0.29, 0.717) is 48.1 Å². The van der Waals surface area contributed by atoms with Gasteiger partial charge in [0.2, 0.25) is 0 Å². The first-order valence-electron chi connectivity index (χ1n) is 12.6. The fraction of sp³-hybridized carbons (Fsp3) is 0.571. The molecule has 2 amide bonds. The smallest absolute Gasteiger partial charge is 0.405 e. The minimum absolute atomic E-state index is 0.0567. The van der Waals surface area contributed by atoms with Crippen LogP contribution < -0.4 is 11.1 Å². The summed E-state index contributed by atoms with van der Waals surface area (Å²) in [5.41, 5.74) is 7.85. The van der Waals surface area contributed by atoms with Crippen molar-refractivity contribution in [1.29, 1.82) is 0 Å². The molecule has 0 radical (unpaired) electrons. The number of phenols is 1. The predicted octanol–water partition coefficient (Wildman–Crippen LogP) is 4.08. The Labute approximate surface area is 219 Å². The van der Waals surface area contributed by atoms with Crippen molar-refractivity contribution < 1.29 is 34.0 Å². The number of phenolic OH excluding ortho intramolecular Hbond substituents is 1. The van der Waals surface area contributed by atoms with Gasteiger partial charge in [-0.2, -0.15) is 0 Å². The third-order valence-corrected chi connectivity index (χ3v) is 6.88. The maximum atomic E-state index is 12.8. The molecule has 9 nitrogen and oxygen atoms in total. The fourth-order valence-corrected chi connectivity index (χ4v) is 4.77. The molecule has 206 valence electrons. The van der Waals surface area contributed by atoms with Gasteiger partial charge in [-0.05, 0) is 74.8 Å². The Morgan fingerprint density at radius 3 is 2.43 bits per heavy atom. The molecule has 0 spiro atoms. The van der Waals surface area contributed by atoms with Crippen molar-refractivity contribution in [3.63, 3.8) is 0 Å². The van der Waals surface area contributed by atoms with E-state index in [2.05, 4.69) is 5.32 Å². The number of nitrogens with one attached hydrogen (secondary N) is 1. The molecule has 2 rings (SSSR count). The molecular formula is C28H42N2O7. The first-order chi connectivity index (χ1) is 17.5. The number of anilines is 1. The van der Waals surface area contributed by atoms with Crippen LogP contribution in [0.1, 0.15) is 52.5 Å². The Kier molecular flexibility index (Phi) is 11.6. The minimum Gasteiger partial charge on any atom is -0.508 e. The summed E-state index contributed by atoms with van der Waals surface area (Å²) >= 11 is 0. The second-order valence-corrected chi connectivity index (χ2v) is 9.97. The number of amides is 2. The summed E-state index contributed by atoms with van der Waals surface area (Å²) in [6.07, 6.45) is 2.17. The zero-order chi connectivity index (χ0) is 27.7. The number of aliphatic hydroxyl groups excluding tert-OH is 1. The van der Waals surface area contributed by atoms with Gasteiger partial charge in [0.15, 0.2) is 6.10 Å². The van der Waals surface area contributed by atoms with Gasteiger partial charge in [-0.3, -0.25) is 4.79 Å². The minimum atomic E-state index is -0.925. The van der Waals surface area contributed by atoms with Gasteiger partial charge in [-0.25, -0.2) is 4.79 Å². The van der Waals surface area contributed by atoms with Crippen molar-refractivity contribution >= 4 is 17.7 Å². The molecule has 0 unspecified atom stereocenters. The second kappa shape index (κ2) is 14.2. The molecule has 5 N–H and O–H groups in total. The standard InChI is InChI=1S/C28H42N2O7/c1-16-12-20-15-21(10-11-22(20)31)30-27(33)17(2)8-7-9-23(35-5)26(37-28(29)34)19(4)14-18(3)25(32)24(13-16)36-6/h8,10-11,14-16,18,23-26,31-32H,7,9,12-13H2,1-6H3,(H2,29,34)(H,30,33)/t16-,18+,23+,24+,25-,26+/m1/s1. The molecule has 0 aromatic heterocycles. The summed E-state index contributed by atoms with van der Waals surface area (Å²) in [6, 6.07) is 4.99. The second-order valence-electron chi connectivity index (χ2n) is 9.97. The van der Waals surface area contributed by atoms with Gasteiger partial charge in [0.05, 0.1) is 18.3 Å². The van der Waals surface area contributed by atoms with E-state index in [4.69, 9.17) is 19.9 Å². The number of ether oxygens (including phenoxy) is 3. The highest BCUT2D eigenvalue weighted by Gasteiger charge is 2.30. The van der Waals surface area contributed by atoms with E-state index in [1.165, 1.54) is 7.11 Å². The van der Waals surface area contributed by atoms with Crippen LogP contribution in [0, 0.1) is 11.8 Å². The normalized spacial score (nSPS) is 28.6. The molecule has 0 fully saturated rings. The van der Waals surface area contributed by atoms with Crippen molar-refractivity contribution in [2.24, 2.45) is 17.6 Å². The maximum absolute atomic E-state index is 12.8. The Morgan fingerprint density at radius 2 is 1.81 bits per heavy atom. The number of benzene rings is 1. The fourth-order valence-electron chi connectivity index (χ4n) is 4.77. The molecular weight excluding hydrogens is 476 g/mol. The molecule has 0 aliphatic carbocycles. The molecule has 1 aliphatic heterocycles. The van der Waals surface area contributed by atoms with Crippen LogP contribution in [0.15, 0.2) is 41.5 Å². The summed E-state index contributed by atoms with van der Waals surface area (Å²) in [5, 5.41) is 24.4. The highest BCUT2D eigenvalue weighted by Crippen LogP contribution is 2.29. The van der Waals surface area contributed by atoms with Crippen LogP contribution in [0.25, 0.3) is 0 Å². The first-order valence-corrected chi connectivity index (χ1v) is 12.6. The van der Waals surface area contributed by atoms with Gasteiger partial charge in [-0.1, -0.05) is 26.0 Å². The van der Waals surface area contributed by atoms with Gasteiger partial charge in [0.1, 0.15) is 5.75 Å². The lowest BCUT2D eigenvalue weighted by atomic mass is 9.88. The highest BCUT2D eigenvalue weighted by molar-refractivity contribution is 6.03. The van der Waals surface area contributed by atoms with E-state index in [9.17, 15) is 19.8 Å². The molecule has 1 aromatic rings. The summed E-state index contributed by atoms with van der Waals surface area (Å²) in [4.78, 5) is 24.4. The predicted molar refractivity (Wildman–Crippen MR) is 142 cm³/mol. The number of hydrogen-bond acceptors (Lipinski definition) is 7. The number of aliphatic hydroxyl groups is 1. The third-order valence-electron chi connectivity index (χ3n) is 6.88. The third kappa shape index (κ3) is 8.87. The molecule has 2 bridgehead atoms. The van der Waals surface area contributed by atoms with Gasteiger partial charge < -0.3 is 35.5 Å². The van der Waals surface area contributed by atoms with E-state index in [1.54, 1.807) is 45.2 Å². The molecule has 0 saturated heterocycles. The van der Waals surface area contributed by atoms with Crippen LogP contribution in [0.4, 0.5) is 10.5 Å². The van der Waals surface area contributed by atoms with E-state index in [0.717, 1.165) is 0 Å². The van der Waals surface area contributed by atoms with Crippen molar-refractivity contribution in [1.82, 2.24) is 0 Å². The van der Waals surface area contributed by atoms with Crippen LogP contribution in [-0.4, -0.2) is 60.8 Å².